The van der Waals surface area contributed by atoms with E-state index in [1.165, 1.54) is 0 Å². The fourth-order valence-electron chi connectivity index (χ4n) is 0.855. The van der Waals surface area contributed by atoms with Crippen LogP contribution in [0.2, 0.25) is 0 Å². The monoisotopic (exact) mass is 212 g/mol. The molecular formula is C6H5BrN4. The fraction of sp³-hybridized carbons (Fsp3) is 0. The van der Waals surface area contributed by atoms with Crippen LogP contribution in [-0.4, -0.2) is 14.6 Å². The van der Waals surface area contributed by atoms with E-state index in [2.05, 4.69) is 26.0 Å². The molecule has 0 spiro atoms. The molecule has 56 valence electrons. The van der Waals surface area contributed by atoms with Gasteiger partial charge in [-0.15, -0.1) is 0 Å². The summed E-state index contributed by atoms with van der Waals surface area (Å²) in [5, 5.41) is 4.01. The van der Waals surface area contributed by atoms with Crippen LogP contribution in [0.5, 0.6) is 0 Å². The molecule has 0 saturated carbocycles. The Hall–Kier alpha value is -1.10. The number of aromatic nitrogens is 3. The van der Waals surface area contributed by atoms with Crippen LogP contribution in [0.3, 0.4) is 0 Å². The number of nitrogen functional groups attached to an aromatic ring is 1. The van der Waals surface area contributed by atoms with Crippen LogP contribution in [-0.2, 0) is 0 Å². The Morgan fingerprint density at radius 2 is 2.36 bits per heavy atom. The van der Waals surface area contributed by atoms with E-state index in [9.17, 15) is 0 Å². The smallest absolute Gasteiger partial charge is 0.171 e. The largest absolute Gasteiger partial charge is 0.384 e. The highest BCUT2D eigenvalue weighted by molar-refractivity contribution is 9.10. The maximum atomic E-state index is 5.48. The average molecular weight is 213 g/mol. The molecule has 0 amide bonds. The van der Waals surface area contributed by atoms with Crippen molar-refractivity contribution in [1.82, 2.24) is 14.6 Å². The minimum atomic E-state index is 0.499. The van der Waals surface area contributed by atoms with Gasteiger partial charge in [0.05, 0.1) is 10.7 Å². The molecule has 0 unspecified atom stereocenters. The Kier molecular flexibility index (Phi) is 1.32. The molecule has 0 aliphatic carbocycles. The van der Waals surface area contributed by atoms with Gasteiger partial charge in [0, 0.05) is 6.20 Å². The van der Waals surface area contributed by atoms with E-state index in [0.29, 0.717) is 5.82 Å². The summed E-state index contributed by atoms with van der Waals surface area (Å²) in [6, 6.07) is 1.70. The van der Waals surface area contributed by atoms with Crippen LogP contribution in [0.4, 0.5) is 5.82 Å². The minimum absolute atomic E-state index is 0.499. The molecule has 0 aliphatic heterocycles. The first kappa shape index (κ1) is 6.60. The molecule has 0 radical (unpaired) electrons. The zero-order chi connectivity index (χ0) is 7.84. The van der Waals surface area contributed by atoms with Gasteiger partial charge < -0.3 is 5.73 Å². The highest BCUT2D eigenvalue weighted by atomic mass is 79.9. The number of halogens is 1. The minimum Gasteiger partial charge on any atom is -0.384 e. The van der Waals surface area contributed by atoms with Gasteiger partial charge in [-0.3, -0.25) is 0 Å². The number of hydrogen-bond acceptors (Lipinski definition) is 3. The molecule has 0 fully saturated rings. The predicted octanol–water partition coefficient (Wildman–Crippen LogP) is 1.07. The molecule has 2 aromatic rings. The van der Waals surface area contributed by atoms with Crippen molar-refractivity contribution >= 4 is 27.4 Å². The van der Waals surface area contributed by atoms with E-state index in [-0.39, 0.29) is 0 Å². The summed E-state index contributed by atoms with van der Waals surface area (Å²) >= 11 is 3.30. The summed E-state index contributed by atoms with van der Waals surface area (Å²) in [6.45, 7) is 0. The van der Waals surface area contributed by atoms with Crippen molar-refractivity contribution in [3.05, 3.63) is 22.9 Å². The molecule has 0 aliphatic rings. The van der Waals surface area contributed by atoms with E-state index in [0.717, 1.165) is 10.1 Å². The second-order valence-corrected chi connectivity index (χ2v) is 2.97. The summed E-state index contributed by atoms with van der Waals surface area (Å²) < 4.78 is 2.50. The Morgan fingerprint density at radius 3 is 3.18 bits per heavy atom. The van der Waals surface area contributed by atoms with Gasteiger partial charge in [-0.25, -0.2) is 9.50 Å². The van der Waals surface area contributed by atoms with E-state index in [1.54, 1.807) is 23.0 Å². The van der Waals surface area contributed by atoms with Crippen molar-refractivity contribution in [3.63, 3.8) is 0 Å². The lowest BCUT2D eigenvalue weighted by Gasteiger charge is -1.93. The van der Waals surface area contributed by atoms with E-state index in [4.69, 9.17) is 5.73 Å². The zero-order valence-electron chi connectivity index (χ0n) is 5.53. The van der Waals surface area contributed by atoms with E-state index >= 15 is 0 Å². The first-order chi connectivity index (χ1) is 5.27. The molecule has 11 heavy (non-hydrogen) atoms. The lowest BCUT2D eigenvalue weighted by molar-refractivity contribution is 0.942. The molecule has 0 saturated heterocycles. The lowest BCUT2D eigenvalue weighted by Crippen LogP contribution is -1.94. The SMILES string of the molecule is Nc1ccn2ncc(Br)c2n1. The van der Waals surface area contributed by atoms with Crippen molar-refractivity contribution in [2.24, 2.45) is 0 Å². The van der Waals surface area contributed by atoms with Crippen LogP contribution in [0.15, 0.2) is 22.9 Å². The third-order valence-corrected chi connectivity index (χ3v) is 1.91. The van der Waals surface area contributed by atoms with Crippen LogP contribution >= 0.6 is 15.9 Å². The molecule has 4 nitrogen and oxygen atoms in total. The third-order valence-electron chi connectivity index (χ3n) is 1.35. The van der Waals surface area contributed by atoms with Crippen LogP contribution in [0, 0.1) is 0 Å². The molecule has 2 N–H and O–H groups in total. The van der Waals surface area contributed by atoms with Crippen molar-refractivity contribution in [1.29, 1.82) is 0 Å². The highest BCUT2D eigenvalue weighted by Gasteiger charge is 2.00. The standard InChI is InChI=1S/C6H5BrN4/c7-4-3-9-11-2-1-5(8)10-6(4)11/h1-3H,(H2,8,10). The maximum absolute atomic E-state index is 5.48. The van der Waals surface area contributed by atoms with Gasteiger partial charge in [-0.2, -0.15) is 5.10 Å². The van der Waals surface area contributed by atoms with Gasteiger partial charge in [-0.1, -0.05) is 0 Å². The van der Waals surface area contributed by atoms with Crippen LogP contribution in [0.1, 0.15) is 0 Å². The normalized spacial score (nSPS) is 10.6. The van der Waals surface area contributed by atoms with Crippen molar-refractivity contribution in [3.8, 4) is 0 Å². The summed E-state index contributed by atoms with van der Waals surface area (Å²) in [5.74, 6) is 0.499. The zero-order valence-corrected chi connectivity index (χ0v) is 7.12. The summed E-state index contributed by atoms with van der Waals surface area (Å²) in [4.78, 5) is 4.07. The molecule has 2 heterocycles. The summed E-state index contributed by atoms with van der Waals surface area (Å²) in [6.07, 6.45) is 3.45. The summed E-state index contributed by atoms with van der Waals surface area (Å²) in [7, 11) is 0. The van der Waals surface area contributed by atoms with Gasteiger partial charge in [0.25, 0.3) is 0 Å². The van der Waals surface area contributed by atoms with Crippen molar-refractivity contribution in [2.75, 3.05) is 5.73 Å². The first-order valence-electron chi connectivity index (χ1n) is 3.03. The second-order valence-electron chi connectivity index (χ2n) is 2.11. The average Bonchev–Trinajstić information content (AvgIpc) is 2.33. The van der Waals surface area contributed by atoms with Crippen LogP contribution in [0.25, 0.3) is 5.65 Å². The van der Waals surface area contributed by atoms with Crippen molar-refractivity contribution < 1.29 is 0 Å². The Bertz CT molecular complexity index is 394. The van der Waals surface area contributed by atoms with Gasteiger partial charge in [0.2, 0.25) is 0 Å². The fourth-order valence-corrected chi connectivity index (χ4v) is 1.22. The quantitative estimate of drug-likeness (QED) is 0.712. The highest BCUT2D eigenvalue weighted by Crippen LogP contribution is 2.15. The van der Waals surface area contributed by atoms with Crippen LogP contribution < -0.4 is 5.73 Å². The van der Waals surface area contributed by atoms with E-state index < -0.39 is 0 Å². The molecule has 0 aromatic carbocycles. The molecule has 0 atom stereocenters. The van der Waals surface area contributed by atoms with Gasteiger partial charge >= 0.3 is 0 Å². The molecule has 5 heteroatoms. The third kappa shape index (κ3) is 0.970. The molecule has 0 bridgehead atoms. The van der Waals surface area contributed by atoms with Gasteiger partial charge in [0.15, 0.2) is 5.65 Å². The number of fused-ring (bicyclic) bond motifs is 1. The lowest BCUT2D eigenvalue weighted by atomic mass is 10.6. The first-order valence-corrected chi connectivity index (χ1v) is 3.82. The Morgan fingerprint density at radius 1 is 1.55 bits per heavy atom. The predicted molar refractivity (Wildman–Crippen MR) is 45.1 cm³/mol. The number of nitrogens with two attached hydrogens (primary N) is 1. The molecular weight excluding hydrogens is 208 g/mol. The number of hydrogen-bond donors (Lipinski definition) is 1. The topological polar surface area (TPSA) is 56.2 Å². The number of anilines is 1. The number of rotatable bonds is 0. The van der Waals surface area contributed by atoms with Gasteiger partial charge in [0.1, 0.15) is 5.82 Å². The molecule has 2 aromatic heterocycles. The number of nitrogens with zero attached hydrogens (tertiary/aromatic N) is 3. The Labute approximate surface area is 71.2 Å². The van der Waals surface area contributed by atoms with E-state index in [1.807, 2.05) is 0 Å². The van der Waals surface area contributed by atoms with Gasteiger partial charge in [-0.05, 0) is 22.0 Å². The Balaban J connectivity index is 2.87. The maximum Gasteiger partial charge on any atom is 0.171 e. The molecule has 2 rings (SSSR count). The second kappa shape index (κ2) is 2.20. The summed E-state index contributed by atoms with van der Waals surface area (Å²) in [5.41, 5.74) is 6.22. The van der Waals surface area contributed by atoms with Crippen molar-refractivity contribution in [2.45, 2.75) is 0 Å².